The van der Waals surface area contributed by atoms with Gasteiger partial charge in [-0.3, -0.25) is 4.79 Å². The molecular weight excluding hydrogens is 186 g/mol. The molecule has 0 fully saturated rings. The highest BCUT2D eigenvalue weighted by Crippen LogP contribution is 2.28. The van der Waals surface area contributed by atoms with Gasteiger partial charge in [-0.25, -0.2) is 4.98 Å². The Labute approximate surface area is 81.4 Å². The Hall–Kier alpha value is -0.900. The second-order valence-corrected chi connectivity index (χ2v) is 4.20. The number of carbonyl (C=O) groups is 1. The van der Waals surface area contributed by atoms with Crippen molar-refractivity contribution in [1.82, 2.24) is 4.98 Å². The zero-order valence-electron chi connectivity index (χ0n) is 7.94. The quantitative estimate of drug-likeness (QED) is 0.813. The normalized spacial score (nSPS) is 13.2. The molecule has 0 spiro atoms. The molecule has 0 aromatic carbocycles. The van der Waals surface area contributed by atoms with Gasteiger partial charge in [0.15, 0.2) is 0 Å². The Morgan fingerprint density at radius 1 is 1.54 bits per heavy atom. The van der Waals surface area contributed by atoms with E-state index in [2.05, 4.69) is 4.98 Å². The molecule has 4 heteroatoms. The average Bonchev–Trinajstić information content (AvgIpc) is 2.50. The first-order chi connectivity index (χ1) is 6.04. The summed E-state index contributed by atoms with van der Waals surface area (Å²) in [6.07, 6.45) is 0. The number of aliphatic carboxylic acids is 1. The van der Waals surface area contributed by atoms with E-state index in [0.717, 1.165) is 4.88 Å². The molecule has 72 valence electrons. The molecule has 1 heterocycles. The highest BCUT2D eigenvalue weighted by Gasteiger charge is 2.21. The van der Waals surface area contributed by atoms with Crippen LogP contribution in [0.2, 0.25) is 0 Å². The molecule has 13 heavy (non-hydrogen) atoms. The molecule has 1 unspecified atom stereocenters. The van der Waals surface area contributed by atoms with Crippen LogP contribution in [0.15, 0.2) is 5.51 Å². The van der Waals surface area contributed by atoms with Gasteiger partial charge in [-0.1, -0.05) is 13.8 Å². The molecule has 1 aromatic rings. The van der Waals surface area contributed by atoms with Crippen LogP contribution in [0.5, 0.6) is 0 Å². The number of carboxylic acids is 1. The monoisotopic (exact) mass is 199 g/mol. The van der Waals surface area contributed by atoms with Crippen LogP contribution in [0.1, 0.15) is 43.2 Å². The van der Waals surface area contributed by atoms with Crippen molar-refractivity contribution >= 4 is 17.3 Å². The van der Waals surface area contributed by atoms with Crippen molar-refractivity contribution in [1.29, 1.82) is 0 Å². The number of rotatable bonds is 3. The van der Waals surface area contributed by atoms with E-state index in [1.807, 2.05) is 13.8 Å². The lowest BCUT2D eigenvalue weighted by Crippen LogP contribution is -2.10. The Morgan fingerprint density at radius 3 is 2.62 bits per heavy atom. The topological polar surface area (TPSA) is 50.2 Å². The third kappa shape index (κ3) is 2.06. The summed E-state index contributed by atoms with van der Waals surface area (Å²) in [6, 6.07) is 0. The molecule has 0 radical (unpaired) electrons. The van der Waals surface area contributed by atoms with Crippen LogP contribution in [0.25, 0.3) is 0 Å². The van der Waals surface area contributed by atoms with E-state index in [9.17, 15) is 4.79 Å². The molecule has 3 nitrogen and oxygen atoms in total. The molecule has 0 bridgehead atoms. The minimum Gasteiger partial charge on any atom is -0.481 e. The van der Waals surface area contributed by atoms with Crippen molar-refractivity contribution in [2.75, 3.05) is 0 Å². The minimum atomic E-state index is -0.812. The summed E-state index contributed by atoms with van der Waals surface area (Å²) in [5.41, 5.74) is 2.43. The predicted octanol–water partition coefficient (Wildman–Crippen LogP) is 2.45. The maximum atomic E-state index is 10.7. The summed E-state index contributed by atoms with van der Waals surface area (Å²) in [5.74, 6) is -0.958. The van der Waals surface area contributed by atoms with Gasteiger partial charge in [-0.2, -0.15) is 0 Å². The van der Waals surface area contributed by atoms with Gasteiger partial charge in [0, 0.05) is 4.88 Å². The molecule has 1 atom stereocenters. The van der Waals surface area contributed by atoms with Gasteiger partial charge in [0.2, 0.25) is 0 Å². The van der Waals surface area contributed by atoms with Crippen molar-refractivity contribution in [2.45, 2.75) is 32.6 Å². The average molecular weight is 199 g/mol. The second kappa shape index (κ2) is 3.87. The lowest BCUT2D eigenvalue weighted by atomic mass is 10.0. The smallest absolute Gasteiger partial charge is 0.312 e. The van der Waals surface area contributed by atoms with E-state index in [1.165, 1.54) is 11.3 Å². The van der Waals surface area contributed by atoms with Crippen LogP contribution < -0.4 is 0 Å². The number of aromatic nitrogens is 1. The fourth-order valence-electron chi connectivity index (χ4n) is 1.14. The Bertz CT molecular complexity index is 306. The van der Waals surface area contributed by atoms with E-state index < -0.39 is 11.9 Å². The van der Waals surface area contributed by atoms with Gasteiger partial charge < -0.3 is 5.11 Å². The first-order valence-corrected chi connectivity index (χ1v) is 5.08. The number of hydrogen-bond donors (Lipinski definition) is 1. The van der Waals surface area contributed by atoms with Gasteiger partial charge in [0.1, 0.15) is 0 Å². The zero-order valence-corrected chi connectivity index (χ0v) is 8.76. The third-order valence-corrected chi connectivity index (χ3v) is 3.07. The number of hydrogen-bond acceptors (Lipinski definition) is 3. The number of thiazole rings is 1. The Balaban J connectivity index is 3.00. The van der Waals surface area contributed by atoms with Crippen LogP contribution in [-0.2, 0) is 4.79 Å². The van der Waals surface area contributed by atoms with E-state index in [0.29, 0.717) is 11.6 Å². The molecule has 0 aliphatic rings. The molecular formula is C9H13NO2S. The largest absolute Gasteiger partial charge is 0.481 e. The molecule has 0 aliphatic heterocycles. The second-order valence-electron chi connectivity index (χ2n) is 3.32. The van der Waals surface area contributed by atoms with Crippen LogP contribution >= 0.6 is 11.3 Å². The lowest BCUT2D eigenvalue weighted by molar-refractivity contribution is -0.138. The predicted molar refractivity (Wildman–Crippen MR) is 52.3 cm³/mol. The molecule has 0 amide bonds. The molecule has 1 N–H and O–H groups in total. The van der Waals surface area contributed by atoms with E-state index in [-0.39, 0.29) is 0 Å². The lowest BCUT2D eigenvalue weighted by Gasteiger charge is -2.08. The van der Waals surface area contributed by atoms with E-state index >= 15 is 0 Å². The van der Waals surface area contributed by atoms with E-state index in [4.69, 9.17) is 5.11 Å². The first-order valence-electron chi connectivity index (χ1n) is 4.20. The van der Waals surface area contributed by atoms with Crippen molar-refractivity contribution in [2.24, 2.45) is 0 Å². The van der Waals surface area contributed by atoms with E-state index in [1.54, 1.807) is 12.4 Å². The summed E-state index contributed by atoms with van der Waals surface area (Å²) < 4.78 is 0. The summed E-state index contributed by atoms with van der Waals surface area (Å²) in [6.45, 7) is 5.76. The Kier molecular flexibility index (Phi) is 3.03. The molecule has 0 aliphatic carbocycles. The van der Waals surface area contributed by atoms with Crippen molar-refractivity contribution in [3.05, 3.63) is 16.1 Å². The fourth-order valence-corrected chi connectivity index (χ4v) is 2.04. The number of carboxylic acid groups (broad SMARTS) is 1. The first kappa shape index (κ1) is 10.2. The van der Waals surface area contributed by atoms with Gasteiger partial charge in [-0.15, -0.1) is 11.3 Å². The van der Waals surface area contributed by atoms with Gasteiger partial charge in [0.25, 0.3) is 0 Å². The highest BCUT2D eigenvalue weighted by molar-refractivity contribution is 7.09. The maximum Gasteiger partial charge on any atom is 0.312 e. The van der Waals surface area contributed by atoms with Crippen LogP contribution in [-0.4, -0.2) is 16.1 Å². The van der Waals surface area contributed by atoms with Crippen LogP contribution in [0.3, 0.4) is 0 Å². The van der Waals surface area contributed by atoms with Crippen LogP contribution in [0, 0.1) is 0 Å². The molecule has 0 saturated carbocycles. The molecule has 1 aromatic heterocycles. The molecule has 0 saturated heterocycles. The van der Waals surface area contributed by atoms with Crippen molar-refractivity contribution in [3.63, 3.8) is 0 Å². The van der Waals surface area contributed by atoms with Crippen molar-refractivity contribution < 1.29 is 9.90 Å². The summed E-state index contributed by atoms with van der Waals surface area (Å²) in [4.78, 5) is 15.9. The summed E-state index contributed by atoms with van der Waals surface area (Å²) in [5, 5.41) is 8.82. The maximum absolute atomic E-state index is 10.7. The highest BCUT2D eigenvalue weighted by atomic mass is 32.1. The van der Waals surface area contributed by atoms with Gasteiger partial charge in [0.05, 0.1) is 17.1 Å². The zero-order chi connectivity index (χ0) is 10.0. The van der Waals surface area contributed by atoms with Crippen LogP contribution in [0.4, 0.5) is 0 Å². The fraction of sp³-hybridized carbons (Fsp3) is 0.556. The van der Waals surface area contributed by atoms with Gasteiger partial charge in [-0.05, 0) is 12.8 Å². The van der Waals surface area contributed by atoms with Crippen molar-refractivity contribution in [3.8, 4) is 0 Å². The SMILES string of the molecule is CC(C)c1scnc1C(C)C(=O)O. The molecule has 1 rings (SSSR count). The number of nitrogens with zero attached hydrogens (tertiary/aromatic N) is 1. The summed E-state index contributed by atoms with van der Waals surface area (Å²) in [7, 11) is 0. The Morgan fingerprint density at radius 2 is 2.15 bits per heavy atom. The third-order valence-electron chi connectivity index (χ3n) is 1.93. The standard InChI is InChI=1S/C9H13NO2S/c1-5(2)8-7(10-4-13-8)6(3)9(11)12/h4-6H,1-3H3,(H,11,12). The minimum absolute atomic E-state index is 0.351. The summed E-state index contributed by atoms with van der Waals surface area (Å²) >= 11 is 1.53. The van der Waals surface area contributed by atoms with Gasteiger partial charge >= 0.3 is 5.97 Å².